The van der Waals surface area contributed by atoms with Crippen molar-refractivity contribution >= 4 is 58.5 Å². The molecule has 176 valence electrons. The first kappa shape index (κ1) is 25.6. The van der Waals surface area contributed by atoms with Crippen LogP contribution in [0.2, 0.25) is 15.1 Å². The number of aryl methyl sites for hydroxylation is 1. The van der Waals surface area contributed by atoms with Gasteiger partial charge in [0.15, 0.2) is 0 Å². The molecule has 9 heteroatoms. The molecule has 0 saturated carbocycles. The minimum Gasteiger partial charge on any atom is -0.489 e. The van der Waals surface area contributed by atoms with Crippen LogP contribution in [0.25, 0.3) is 0 Å². The number of amides is 2. The van der Waals surface area contributed by atoms with E-state index in [-0.39, 0.29) is 24.7 Å². The molecule has 0 unspecified atom stereocenters. The SMILES string of the molecule is Cc1ccc(NC(=O)CCC(=O)NN=Cc2ccc(OCc3ccc(Cl)cc3Cl)cc2)cc1Cl. The lowest BCUT2D eigenvalue weighted by Crippen LogP contribution is -2.20. The standard InChI is InChI=1S/C25H22Cl3N3O3/c1-16-2-7-20(13-22(16)27)30-24(32)10-11-25(33)31-29-14-17-3-8-21(9-4-17)34-15-18-5-6-19(26)12-23(18)28/h2-9,12-14H,10-11,15H2,1H3,(H,30,32)(H,31,33). The molecule has 0 fully saturated rings. The van der Waals surface area contributed by atoms with Crippen molar-refractivity contribution < 1.29 is 14.3 Å². The fourth-order valence-corrected chi connectivity index (χ4v) is 3.45. The molecule has 3 aromatic carbocycles. The highest BCUT2D eigenvalue weighted by molar-refractivity contribution is 6.35. The number of hydrogen-bond acceptors (Lipinski definition) is 4. The Kier molecular flexibility index (Phi) is 9.33. The summed E-state index contributed by atoms with van der Waals surface area (Å²) >= 11 is 18.1. The predicted molar refractivity (Wildman–Crippen MR) is 137 cm³/mol. The molecule has 34 heavy (non-hydrogen) atoms. The van der Waals surface area contributed by atoms with Crippen LogP contribution in [0.5, 0.6) is 5.75 Å². The summed E-state index contributed by atoms with van der Waals surface area (Å²) in [5.74, 6) is 0.00994. The van der Waals surface area contributed by atoms with Crippen molar-refractivity contribution in [1.29, 1.82) is 0 Å². The quantitative estimate of drug-likeness (QED) is 0.254. The molecule has 0 saturated heterocycles. The molecule has 6 nitrogen and oxygen atoms in total. The maximum absolute atomic E-state index is 12.0. The Morgan fingerprint density at radius 1 is 0.912 bits per heavy atom. The molecule has 0 heterocycles. The van der Waals surface area contributed by atoms with Crippen molar-refractivity contribution in [3.05, 3.63) is 92.4 Å². The summed E-state index contributed by atoms with van der Waals surface area (Å²) in [6, 6.07) is 17.7. The number of carbonyl (C=O) groups is 2. The number of nitrogens with one attached hydrogen (secondary N) is 2. The summed E-state index contributed by atoms with van der Waals surface area (Å²) in [5.41, 5.74) is 5.51. The van der Waals surface area contributed by atoms with Crippen molar-refractivity contribution in [3.63, 3.8) is 0 Å². The zero-order valence-electron chi connectivity index (χ0n) is 18.3. The van der Waals surface area contributed by atoms with Gasteiger partial charge in [0.1, 0.15) is 12.4 Å². The summed E-state index contributed by atoms with van der Waals surface area (Å²) in [6.07, 6.45) is 1.53. The van der Waals surface area contributed by atoms with Crippen LogP contribution >= 0.6 is 34.8 Å². The van der Waals surface area contributed by atoms with Gasteiger partial charge in [-0.25, -0.2) is 5.43 Å². The lowest BCUT2D eigenvalue weighted by atomic mass is 10.2. The fraction of sp³-hybridized carbons (Fsp3) is 0.160. The molecular weight excluding hydrogens is 497 g/mol. The zero-order valence-corrected chi connectivity index (χ0v) is 20.5. The van der Waals surface area contributed by atoms with E-state index in [1.807, 2.05) is 19.1 Å². The third-order valence-corrected chi connectivity index (χ3v) is 5.72. The van der Waals surface area contributed by atoms with Crippen molar-refractivity contribution in [3.8, 4) is 5.75 Å². The molecule has 2 N–H and O–H groups in total. The highest BCUT2D eigenvalue weighted by Gasteiger charge is 2.08. The lowest BCUT2D eigenvalue weighted by molar-refractivity contribution is -0.124. The maximum atomic E-state index is 12.0. The van der Waals surface area contributed by atoms with Gasteiger partial charge in [-0.15, -0.1) is 0 Å². The van der Waals surface area contributed by atoms with Crippen LogP contribution in [0.3, 0.4) is 0 Å². The zero-order chi connectivity index (χ0) is 24.5. The minimum atomic E-state index is -0.367. The molecule has 0 aliphatic carbocycles. The number of benzene rings is 3. The number of carbonyl (C=O) groups excluding carboxylic acids is 2. The average Bonchev–Trinajstić information content (AvgIpc) is 2.80. The third kappa shape index (κ3) is 8.06. The number of ether oxygens (including phenoxy) is 1. The van der Waals surface area contributed by atoms with Crippen molar-refractivity contribution in [2.75, 3.05) is 5.32 Å². The molecule has 0 radical (unpaired) electrons. The molecule has 0 aliphatic heterocycles. The number of rotatable bonds is 9. The van der Waals surface area contributed by atoms with E-state index in [1.165, 1.54) is 6.21 Å². The van der Waals surface area contributed by atoms with Crippen molar-refractivity contribution in [2.45, 2.75) is 26.4 Å². The van der Waals surface area contributed by atoms with Crippen LogP contribution in [0.15, 0.2) is 65.8 Å². The highest BCUT2D eigenvalue weighted by Crippen LogP contribution is 2.23. The van der Waals surface area contributed by atoms with E-state index in [4.69, 9.17) is 39.5 Å². The number of hydrogen-bond donors (Lipinski definition) is 2. The summed E-state index contributed by atoms with van der Waals surface area (Å²) in [7, 11) is 0. The van der Waals surface area contributed by atoms with Crippen LogP contribution < -0.4 is 15.5 Å². The Morgan fingerprint density at radius 2 is 1.65 bits per heavy atom. The van der Waals surface area contributed by atoms with E-state index in [1.54, 1.807) is 48.5 Å². The van der Waals surface area contributed by atoms with Crippen LogP contribution in [0, 0.1) is 6.92 Å². The molecule has 0 spiro atoms. The first-order chi connectivity index (χ1) is 16.3. The van der Waals surface area contributed by atoms with Gasteiger partial charge in [0.05, 0.1) is 6.21 Å². The summed E-state index contributed by atoms with van der Waals surface area (Å²) in [5, 5.41) is 8.32. The molecule has 0 aliphatic rings. The lowest BCUT2D eigenvalue weighted by Gasteiger charge is -2.08. The second-order valence-electron chi connectivity index (χ2n) is 7.40. The Labute approximate surface area is 212 Å². The molecule has 0 bridgehead atoms. The summed E-state index contributed by atoms with van der Waals surface area (Å²) in [6.45, 7) is 2.18. The van der Waals surface area contributed by atoms with E-state index >= 15 is 0 Å². The van der Waals surface area contributed by atoms with Crippen LogP contribution in [0.4, 0.5) is 5.69 Å². The van der Waals surface area contributed by atoms with Crippen LogP contribution in [0.1, 0.15) is 29.5 Å². The van der Waals surface area contributed by atoms with Gasteiger partial charge in [-0.2, -0.15) is 5.10 Å². The molecule has 2 amide bonds. The van der Waals surface area contributed by atoms with Gasteiger partial charge >= 0.3 is 0 Å². The van der Waals surface area contributed by atoms with Crippen LogP contribution in [-0.2, 0) is 16.2 Å². The first-order valence-electron chi connectivity index (χ1n) is 10.3. The van der Waals surface area contributed by atoms with Gasteiger partial charge in [-0.3, -0.25) is 9.59 Å². The number of hydrazone groups is 1. The number of anilines is 1. The molecule has 0 aromatic heterocycles. The second-order valence-corrected chi connectivity index (χ2v) is 8.65. The maximum Gasteiger partial charge on any atom is 0.240 e. The fourth-order valence-electron chi connectivity index (χ4n) is 2.81. The van der Waals surface area contributed by atoms with Gasteiger partial charge in [0, 0.05) is 39.2 Å². The van der Waals surface area contributed by atoms with E-state index < -0.39 is 0 Å². The van der Waals surface area contributed by atoms with E-state index in [9.17, 15) is 9.59 Å². The Hall–Kier alpha value is -3.06. The minimum absolute atomic E-state index is 0.00278. The molecule has 3 aromatic rings. The topological polar surface area (TPSA) is 79.8 Å². The highest BCUT2D eigenvalue weighted by atomic mass is 35.5. The molecular formula is C25H22Cl3N3O3. The van der Waals surface area contributed by atoms with Crippen molar-refractivity contribution in [2.24, 2.45) is 5.10 Å². The Bertz CT molecular complexity index is 1200. The van der Waals surface area contributed by atoms with E-state index in [0.29, 0.717) is 33.1 Å². The van der Waals surface area contributed by atoms with Gasteiger partial charge in [-0.05, 0) is 66.6 Å². The van der Waals surface area contributed by atoms with Gasteiger partial charge in [0.25, 0.3) is 0 Å². The van der Waals surface area contributed by atoms with Crippen LogP contribution in [-0.4, -0.2) is 18.0 Å². The predicted octanol–water partition coefficient (Wildman–Crippen LogP) is 6.40. The van der Waals surface area contributed by atoms with E-state index in [0.717, 1.165) is 16.7 Å². The smallest absolute Gasteiger partial charge is 0.240 e. The van der Waals surface area contributed by atoms with Crippen molar-refractivity contribution in [1.82, 2.24) is 5.43 Å². The van der Waals surface area contributed by atoms with Gasteiger partial charge in [-0.1, -0.05) is 46.9 Å². The monoisotopic (exact) mass is 517 g/mol. The normalized spacial score (nSPS) is 10.8. The average molecular weight is 519 g/mol. The van der Waals surface area contributed by atoms with Gasteiger partial charge < -0.3 is 10.1 Å². The Morgan fingerprint density at radius 3 is 2.35 bits per heavy atom. The van der Waals surface area contributed by atoms with E-state index in [2.05, 4.69) is 15.8 Å². The molecule has 3 rings (SSSR count). The summed E-state index contributed by atoms with van der Waals surface area (Å²) in [4.78, 5) is 24.0. The largest absolute Gasteiger partial charge is 0.489 e. The number of halogens is 3. The second kappa shape index (κ2) is 12.4. The first-order valence-corrected chi connectivity index (χ1v) is 11.5. The number of nitrogens with zero attached hydrogens (tertiary/aromatic N) is 1. The van der Waals surface area contributed by atoms with Gasteiger partial charge in [0.2, 0.25) is 11.8 Å². The summed E-state index contributed by atoms with van der Waals surface area (Å²) < 4.78 is 5.73. The third-order valence-electron chi connectivity index (χ3n) is 4.73. The Balaban J connectivity index is 1.39. The molecule has 0 atom stereocenters.